The molecule has 0 aliphatic carbocycles. The van der Waals surface area contributed by atoms with Gasteiger partial charge in [-0.3, -0.25) is 9.59 Å². The fourth-order valence-electron chi connectivity index (χ4n) is 1.06. The second kappa shape index (κ2) is 3.94. The van der Waals surface area contributed by atoms with Crippen molar-refractivity contribution in [3.63, 3.8) is 0 Å². The van der Waals surface area contributed by atoms with Gasteiger partial charge < -0.3 is 0 Å². The molecule has 0 saturated carbocycles. The zero-order valence-corrected chi connectivity index (χ0v) is 9.17. The van der Waals surface area contributed by atoms with Crippen LogP contribution in [0.1, 0.15) is 17.3 Å². The van der Waals surface area contributed by atoms with Crippen LogP contribution in [0, 0.1) is 0 Å². The van der Waals surface area contributed by atoms with Gasteiger partial charge in [0.05, 0.1) is 4.90 Å². The first kappa shape index (κ1) is 11.6. The van der Waals surface area contributed by atoms with Crippen molar-refractivity contribution in [1.82, 2.24) is 0 Å². The smallest absolute Gasteiger partial charge is 0.228 e. The Morgan fingerprint density at radius 3 is 1.87 bits per heavy atom. The summed E-state index contributed by atoms with van der Waals surface area (Å²) in [5.74, 6) is -1.18. The SMILES string of the molecule is CC(=O)C(=O)c1ccc(S(C)(=O)=O)cc1. The molecule has 0 heterocycles. The first-order valence-electron chi connectivity index (χ1n) is 4.18. The largest absolute Gasteiger partial charge is 0.291 e. The van der Waals surface area contributed by atoms with Crippen molar-refractivity contribution in [3.05, 3.63) is 29.8 Å². The molecule has 0 radical (unpaired) electrons. The van der Waals surface area contributed by atoms with Crippen molar-refractivity contribution in [3.8, 4) is 0 Å². The van der Waals surface area contributed by atoms with Gasteiger partial charge in [0.2, 0.25) is 5.78 Å². The van der Waals surface area contributed by atoms with Crippen molar-refractivity contribution >= 4 is 21.4 Å². The highest BCUT2D eigenvalue weighted by Gasteiger charge is 2.12. The van der Waals surface area contributed by atoms with Gasteiger partial charge >= 0.3 is 0 Å². The molecule has 15 heavy (non-hydrogen) atoms. The molecule has 0 amide bonds. The predicted octanol–water partition coefficient (Wildman–Crippen LogP) is 0.862. The van der Waals surface area contributed by atoms with Crippen LogP contribution in [0.2, 0.25) is 0 Å². The summed E-state index contributed by atoms with van der Waals surface area (Å²) in [5, 5.41) is 0. The van der Waals surface area contributed by atoms with Gasteiger partial charge in [0, 0.05) is 18.7 Å². The van der Waals surface area contributed by atoms with Crippen molar-refractivity contribution in [2.45, 2.75) is 11.8 Å². The lowest BCUT2D eigenvalue weighted by Crippen LogP contribution is -2.09. The van der Waals surface area contributed by atoms with Crippen LogP contribution < -0.4 is 0 Å². The van der Waals surface area contributed by atoms with Crippen LogP contribution in [0.25, 0.3) is 0 Å². The molecule has 4 nitrogen and oxygen atoms in total. The van der Waals surface area contributed by atoms with Crippen LogP contribution >= 0.6 is 0 Å². The molecule has 0 fully saturated rings. The number of benzene rings is 1. The lowest BCUT2D eigenvalue weighted by molar-refractivity contribution is -0.113. The maximum absolute atomic E-state index is 11.2. The van der Waals surface area contributed by atoms with Crippen molar-refractivity contribution in [2.24, 2.45) is 0 Å². The fraction of sp³-hybridized carbons (Fsp3) is 0.200. The minimum atomic E-state index is -3.26. The molecular formula is C10H10O4S. The number of Topliss-reactive ketones (excluding diaryl/α,β-unsaturated/α-hetero) is 2. The van der Waals surface area contributed by atoms with Crippen molar-refractivity contribution in [2.75, 3.05) is 6.26 Å². The lowest BCUT2D eigenvalue weighted by atomic mass is 10.1. The number of carbonyl (C=O) groups excluding carboxylic acids is 2. The number of hydrogen-bond donors (Lipinski definition) is 0. The lowest BCUT2D eigenvalue weighted by Gasteiger charge is -1.99. The minimum absolute atomic E-state index is 0.127. The summed E-state index contributed by atoms with van der Waals surface area (Å²) in [6, 6.07) is 5.29. The zero-order valence-electron chi connectivity index (χ0n) is 8.35. The highest BCUT2D eigenvalue weighted by Crippen LogP contribution is 2.10. The summed E-state index contributed by atoms with van der Waals surface area (Å²) < 4.78 is 22.2. The third-order valence-corrected chi connectivity index (χ3v) is 2.99. The Morgan fingerprint density at radius 1 is 1.07 bits per heavy atom. The van der Waals surface area contributed by atoms with Crippen LogP contribution in [0.4, 0.5) is 0 Å². The van der Waals surface area contributed by atoms with Gasteiger partial charge in [-0.1, -0.05) is 0 Å². The summed E-state index contributed by atoms with van der Waals surface area (Å²) in [7, 11) is -3.26. The first-order valence-corrected chi connectivity index (χ1v) is 6.07. The quantitative estimate of drug-likeness (QED) is 0.566. The monoisotopic (exact) mass is 226 g/mol. The maximum atomic E-state index is 11.2. The minimum Gasteiger partial charge on any atom is -0.291 e. The number of hydrogen-bond acceptors (Lipinski definition) is 4. The van der Waals surface area contributed by atoms with E-state index in [0.29, 0.717) is 0 Å². The molecule has 1 aromatic carbocycles. The van der Waals surface area contributed by atoms with Gasteiger partial charge in [-0.2, -0.15) is 0 Å². The summed E-state index contributed by atoms with van der Waals surface area (Å²) in [6.07, 6.45) is 1.08. The van der Waals surface area contributed by atoms with Crippen molar-refractivity contribution < 1.29 is 18.0 Å². The topological polar surface area (TPSA) is 68.3 Å². The molecule has 0 bridgehead atoms. The zero-order chi connectivity index (χ0) is 11.6. The number of rotatable bonds is 3. The van der Waals surface area contributed by atoms with Gasteiger partial charge in [0.15, 0.2) is 15.6 Å². The average Bonchev–Trinajstić information content (AvgIpc) is 2.15. The highest BCUT2D eigenvalue weighted by molar-refractivity contribution is 7.90. The Kier molecular flexibility index (Phi) is 3.04. The Balaban J connectivity index is 3.12. The Bertz CT molecular complexity index is 497. The average molecular weight is 226 g/mol. The van der Waals surface area contributed by atoms with Crippen molar-refractivity contribution in [1.29, 1.82) is 0 Å². The molecular weight excluding hydrogens is 216 g/mol. The van der Waals surface area contributed by atoms with Crippen LogP contribution in [-0.2, 0) is 14.6 Å². The van der Waals surface area contributed by atoms with E-state index in [2.05, 4.69) is 0 Å². The first-order chi connectivity index (χ1) is 6.82. The summed E-state index contributed by atoms with van der Waals surface area (Å²) in [4.78, 5) is 22.1. The highest BCUT2D eigenvalue weighted by atomic mass is 32.2. The Morgan fingerprint density at radius 2 is 1.53 bits per heavy atom. The van der Waals surface area contributed by atoms with E-state index in [4.69, 9.17) is 0 Å². The third kappa shape index (κ3) is 2.73. The summed E-state index contributed by atoms with van der Waals surface area (Å²) >= 11 is 0. The van der Waals surface area contributed by atoms with E-state index < -0.39 is 21.4 Å². The second-order valence-electron chi connectivity index (χ2n) is 3.18. The fourth-order valence-corrected chi connectivity index (χ4v) is 1.69. The molecule has 0 aliphatic heterocycles. The van der Waals surface area contributed by atoms with E-state index >= 15 is 0 Å². The second-order valence-corrected chi connectivity index (χ2v) is 5.20. The van der Waals surface area contributed by atoms with Crippen LogP contribution in [-0.4, -0.2) is 26.2 Å². The molecule has 1 aromatic rings. The molecule has 0 unspecified atom stereocenters. The van der Waals surface area contributed by atoms with Gasteiger partial charge in [-0.25, -0.2) is 8.42 Å². The van der Waals surface area contributed by atoms with Gasteiger partial charge in [-0.05, 0) is 24.3 Å². The van der Waals surface area contributed by atoms with Crippen LogP contribution in [0.15, 0.2) is 29.2 Å². The summed E-state index contributed by atoms with van der Waals surface area (Å²) in [5.41, 5.74) is 0.204. The van der Waals surface area contributed by atoms with E-state index in [1.807, 2.05) is 0 Å². The van der Waals surface area contributed by atoms with E-state index in [1.165, 1.54) is 31.2 Å². The Labute approximate surface area is 87.8 Å². The van der Waals surface area contributed by atoms with E-state index in [0.717, 1.165) is 6.26 Å². The molecule has 0 atom stereocenters. The Hall–Kier alpha value is -1.49. The standard InChI is InChI=1S/C10H10O4S/c1-7(11)10(12)8-3-5-9(6-4-8)15(2,13)14/h3-6H,1-2H3. The number of ketones is 2. The molecule has 0 aromatic heterocycles. The molecule has 1 rings (SSSR count). The number of carbonyl (C=O) groups is 2. The molecule has 0 N–H and O–H groups in total. The van der Waals surface area contributed by atoms with E-state index in [1.54, 1.807) is 0 Å². The summed E-state index contributed by atoms with van der Waals surface area (Å²) in [6.45, 7) is 1.17. The van der Waals surface area contributed by atoms with Gasteiger partial charge in [0.25, 0.3) is 0 Å². The molecule has 5 heteroatoms. The molecule has 0 aliphatic rings. The van der Waals surface area contributed by atoms with Gasteiger partial charge in [0.1, 0.15) is 0 Å². The maximum Gasteiger partial charge on any atom is 0.228 e. The van der Waals surface area contributed by atoms with Crippen LogP contribution in [0.3, 0.4) is 0 Å². The predicted molar refractivity (Wildman–Crippen MR) is 54.6 cm³/mol. The van der Waals surface area contributed by atoms with Crippen LogP contribution in [0.5, 0.6) is 0 Å². The van der Waals surface area contributed by atoms with E-state index in [9.17, 15) is 18.0 Å². The van der Waals surface area contributed by atoms with Gasteiger partial charge in [-0.15, -0.1) is 0 Å². The van der Waals surface area contributed by atoms with E-state index in [-0.39, 0.29) is 10.5 Å². The molecule has 0 saturated heterocycles. The third-order valence-electron chi connectivity index (χ3n) is 1.86. The molecule has 0 spiro atoms. The number of sulfone groups is 1. The molecule has 80 valence electrons. The normalized spacial score (nSPS) is 11.1.